The van der Waals surface area contributed by atoms with E-state index in [4.69, 9.17) is 39.5 Å². The molecule has 0 spiro atoms. The first-order chi connectivity index (χ1) is 7.56. The molecule has 2 aromatic rings. The normalized spacial score (nSPS) is 11.7. The summed E-state index contributed by atoms with van der Waals surface area (Å²) in [6.07, 6.45) is 1.70. The number of halogens is 3. The molecule has 0 bridgehead atoms. The summed E-state index contributed by atoms with van der Waals surface area (Å²) in [5.74, 6) is 0.615. The zero-order valence-corrected chi connectivity index (χ0v) is 10.4. The standard InChI is InChI=1S/C11H8Cl3NO/c12-11(13,14)7-16-9-5-1-3-8-4-2-6-15-10(8)9/h1-6H,7H2. The number of hydrogen-bond donors (Lipinski definition) is 0. The molecule has 0 amide bonds. The van der Waals surface area contributed by atoms with Crippen LogP contribution in [0.2, 0.25) is 0 Å². The third kappa shape index (κ3) is 2.91. The summed E-state index contributed by atoms with van der Waals surface area (Å²) in [6.45, 7) is -0.00659. The second-order valence-corrected chi connectivity index (χ2v) is 5.75. The van der Waals surface area contributed by atoms with Crippen LogP contribution in [0, 0.1) is 0 Å². The number of para-hydroxylation sites is 1. The van der Waals surface area contributed by atoms with E-state index < -0.39 is 3.79 Å². The smallest absolute Gasteiger partial charge is 0.223 e. The Morgan fingerprint density at radius 1 is 1.12 bits per heavy atom. The number of alkyl halides is 3. The Kier molecular flexibility index (Phi) is 3.43. The van der Waals surface area contributed by atoms with Crippen LogP contribution in [0.25, 0.3) is 10.9 Å². The number of ether oxygens (including phenoxy) is 1. The number of nitrogens with zero attached hydrogens (tertiary/aromatic N) is 1. The maximum absolute atomic E-state index is 5.62. The molecule has 1 heterocycles. The van der Waals surface area contributed by atoms with Crippen LogP contribution in [0.1, 0.15) is 0 Å². The fourth-order valence-corrected chi connectivity index (χ4v) is 1.52. The van der Waals surface area contributed by atoms with Crippen molar-refractivity contribution in [2.75, 3.05) is 6.61 Å². The minimum absolute atomic E-state index is 0.00659. The molecular formula is C11H8Cl3NO. The summed E-state index contributed by atoms with van der Waals surface area (Å²) in [5.41, 5.74) is 0.763. The number of aromatic nitrogens is 1. The highest BCUT2D eigenvalue weighted by Crippen LogP contribution is 2.29. The van der Waals surface area contributed by atoms with Gasteiger partial charge in [-0.1, -0.05) is 53.0 Å². The maximum atomic E-state index is 5.62. The fraction of sp³-hybridized carbons (Fsp3) is 0.182. The van der Waals surface area contributed by atoms with Crippen molar-refractivity contribution in [3.63, 3.8) is 0 Å². The molecule has 0 aliphatic heterocycles. The lowest BCUT2D eigenvalue weighted by molar-refractivity contribution is 0.329. The van der Waals surface area contributed by atoms with Crippen molar-refractivity contribution in [2.45, 2.75) is 3.79 Å². The lowest BCUT2D eigenvalue weighted by Crippen LogP contribution is -2.15. The minimum atomic E-state index is -1.42. The van der Waals surface area contributed by atoms with Crippen LogP contribution in [0.15, 0.2) is 36.5 Å². The van der Waals surface area contributed by atoms with Gasteiger partial charge in [0.1, 0.15) is 17.9 Å². The quantitative estimate of drug-likeness (QED) is 0.774. The molecule has 2 rings (SSSR count). The molecule has 0 N–H and O–H groups in total. The van der Waals surface area contributed by atoms with Crippen LogP contribution in [-0.2, 0) is 0 Å². The molecule has 1 aromatic carbocycles. The first-order valence-corrected chi connectivity index (χ1v) is 5.73. The fourth-order valence-electron chi connectivity index (χ4n) is 1.35. The van der Waals surface area contributed by atoms with Crippen molar-refractivity contribution in [1.82, 2.24) is 4.98 Å². The Balaban J connectivity index is 2.30. The lowest BCUT2D eigenvalue weighted by Gasteiger charge is -2.13. The first kappa shape index (κ1) is 11.8. The maximum Gasteiger partial charge on any atom is 0.223 e. The predicted octanol–water partition coefficient (Wildman–Crippen LogP) is 3.98. The molecule has 5 heteroatoms. The van der Waals surface area contributed by atoms with Gasteiger partial charge in [-0.2, -0.15) is 0 Å². The van der Waals surface area contributed by atoms with Crippen molar-refractivity contribution in [3.8, 4) is 5.75 Å². The topological polar surface area (TPSA) is 22.1 Å². The molecule has 0 aliphatic carbocycles. The SMILES string of the molecule is ClC(Cl)(Cl)COc1cccc2cccnc12. The molecule has 84 valence electrons. The van der Waals surface area contributed by atoms with E-state index in [0.717, 1.165) is 10.9 Å². The Bertz CT molecular complexity index is 491. The third-order valence-corrected chi connectivity index (χ3v) is 2.31. The summed E-state index contributed by atoms with van der Waals surface area (Å²) in [5, 5.41) is 0.990. The predicted molar refractivity (Wildman–Crippen MR) is 67.5 cm³/mol. The van der Waals surface area contributed by atoms with Gasteiger partial charge in [-0.15, -0.1) is 0 Å². The molecule has 0 aliphatic rings. The van der Waals surface area contributed by atoms with Crippen molar-refractivity contribution < 1.29 is 4.74 Å². The Hall–Kier alpha value is -0.700. The third-order valence-electron chi connectivity index (χ3n) is 1.99. The number of hydrogen-bond acceptors (Lipinski definition) is 2. The van der Waals surface area contributed by atoms with Gasteiger partial charge in [0.25, 0.3) is 0 Å². The van der Waals surface area contributed by atoms with E-state index in [1.807, 2.05) is 24.3 Å². The number of pyridine rings is 1. The van der Waals surface area contributed by atoms with E-state index in [-0.39, 0.29) is 6.61 Å². The summed E-state index contributed by atoms with van der Waals surface area (Å²) in [6, 6.07) is 9.43. The highest BCUT2D eigenvalue weighted by Gasteiger charge is 2.21. The van der Waals surface area contributed by atoms with Crippen molar-refractivity contribution in [2.24, 2.45) is 0 Å². The Morgan fingerprint density at radius 3 is 2.62 bits per heavy atom. The van der Waals surface area contributed by atoms with E-state index >= 15 is 0 Å². The zero-order valence-electron chi connectivity index (χ0n) is 8.16. The van der Waals surface area contributed by atoms with Crippen LogP contribution in [0.3, 0.4) is 0 Å². The molecule has 0 saturated heterocycles. The molecule has 0 unspecified atom stereocenters. The van der Waals surface area contributed by atoms with E-state index in [1.165, 1.54) is 0 Å². The van der Waals surface area contributed by atoms with Gasteiger partial charge in [0, 0.05) is 11.6 Å². The zero-order chi connectivity index (χ0) is 11.6. The second-order valence-electron chi connectivity index (χ2n) is 3.24. The van der Waals surface area contributed by atoms with E-state index in [9.17, 15) is 0 Å². The van der Waals surface area contributed by atoms with Gasteiger partial charge in [0.2, 0.25) is 3.79 Å². The summed E-state index contributed by atoms with van der Waals surface area (Å²) >= 11 is 16.9. The summed E-state index contributed by atoms with van der Waals surface area (Å²) in [4.78, 5) is 4.23. The van der Waals surface area contributed by atoms with Gasteiger partial charge in [-0.25, -0.2) is 0 Å². The van der Waals surface area contributed by atoms with Gasteiger partial charge in [0.05, 0.1) is 0 Å². The van der Waals surface area contributed by atoms with Crippen LogP contribution < -0.4 is 4.74 Å². The van der Waals surface area contributed by atoms with E-state index in [0.29, 0.717) is 5.75 Å². The van der Waals surface area contributed by atoms with Crippen molar-refractivity contribution in [1.29, 1.82) is 0 Å². The van der Waals surface area contributed by atoms with Crippen molar-refractivity contribution >= 4 is 45.7 Å². The minimum Gasteiger partial charge on any atom is -0.487 e. The average molecular weight is 277 g/mol. The first-order valence-electron chi connectivity index (χ1n) is 4.59. The monoisotopic (exact) mass is 275 g/mol. The molecule has 1 aromatic heterocycles. The molecule has 0 fully saturated rings. The van der Waals surface area contributed by atoms with Gasteiger partial charge in [-0.3, -0.25) is 4.98 Å². The van der Waals surface area contributed by atoms with Gasteiger partial charge >= 0.3 is 0 Å². The summed E-state index contributed by atoms with van der Waals surface area (Å²) < 4.78 is 4.01. The molecule has 16 heavy (non-hydrogen) atoms. The lowest BCUT2D eigenvalue weighted by atomic mass is 10.2. The number of benzene rings is 1. The van der Waals surface area contributed by atoms with E-state index in [2.05, 4.69) is 4.98 Å². The second kappa shape index (κ2) is 4.66. The van der Waals surface area contributed by atoms with Gasteiger partial charge in [0.15, 0.2) is 0 Å². The Morgan fingerprint density at radius 2 is 1.88 bits per heavy atom. The van der Waals surface area contributed by atoms with Gasteiger partial charge in [-0.05, 0) is 12.1 Å². The number of fused-ring (bicyclic) bond motifs is 1. The number of rotatable bonds is 2. The van der Waals surface area contributed by atoms with E-state index in [1.54, 1.807) is 12.3 Å². The van der Waals surface area contributed by atoms with Gasteiger partial charge < -0.3 is 4.74 Å². The van der Waals surface area contributed by atoms with Crippen molar-refractivity contribution in [3.05, 3.63) is 36.5 Å². The van der Waals surface area contributed by atoms with Crippen LogP contribution in [0.4, 0.5) is 0 Å². The van der Waals surface area contributed by atoms with Crippen LogP contribution in [0.5, 0.6) is 5.75 Å². The highest BCUT2D eigenvalue weighted by atomic mass is 35.6. The summed E-state index contributed by atoms with van der Waals surface area (Å²) in [7, 11) is 0. The van der Waals surface area contributed by atoms with Crippen LogP contribution in [-0.4, -0.2) is 15.4 Å². The highest BCUT2D eigenvalue weighted by molar-refractivity contribution is 6.67. The molecule has 0 radical (unpaired) electrons. The molecule has 2 nitrogen and oxygen atoms in total. The molecular weight excluding hydrogens is 268 g/mol. The van der Waals surface area contributed by atoms with Crippen LogP contribution >= 0.6 is 34.8 Å². The molecule has 0 atom stereocenters. The Labute approximate surface area is 108 Å². The largest absolute Gasteiger partial charge is 0.487 e. The average Bonchev–Trinajstić information content (AvgIpc) is 2.25. The molecule has 0 saturated carbocycles.